The van der Waals surface area contributed by atoms with Crippen molar-refractivity contribution in [3.05, 3.63) is 53.3 Å². The number of halogens is 1. The average Bonchev–Trinajstić information content (AvgIpc) is 2.75. The molecule has 2 aromatic carbocycles. The summed E-state index contributed by atoms with van der Waals surface area (Å²) in [6, 6.07) is 10.2. The quantitative estimate of drug-likeness (QED) is 0.703. The lowest BCUT2D eigenvalue weighted by Gasteiger charge is -2.37. The van der Waals surface area contributed by atoms with Crippen LogP contribution in [0.4, 0.5) is 14.9 Å². The second-order valence-electron chi connectivity index (χ2n) is 7.67. The zero-order chi connectivity index (χ0) is 22.4. The molecule has 2 amide bonds. The highest BCUT2D eigenvalue weighted by molar-refractivity contribution is 5.73. The number of urea groups is 1. The number of anilines is 1. The monoisotopic (exact) mass is 431 g/mol. The van der Waals surface area contributed by atoms with Crippen molar-refractivity contribution in [2.75, 3.05) is 32.2 Å². The lowest BCUT2D eigenvalue weighted by molar-refractivity contribution is -0.00539. The lowest BCUT2D eigenvalue weighted by Crippen LogP contribution is -2.45. The number of rotatable bonds is 7. The van der Waals surface area contributed by atoms with Crippen LogP contribution in [0.1, 0.15) is 25.0 Å². The van der Waals surface area contributed by atoms with Gasteiger partial charge >= 0.3 is 6.03 Å². The van der Waals surface area contributed by atoms with Crippen LogP contribution in [0, 0.1) is 5.82 Å². The fourth-order valence-electron chi connectivity index (χ4n) is 3.71. The smallest absolute Gasteiger partial charge is 0.315 e. The van der Waals surface area contributed by atoms with E-state index in [0.29, 0.717) is 42.4 Å². The van der Waals surface area contributed by atoms with Crippen LogP contribution in [0.5, 0.6) is 11.5 Å². The molecule has 1 saturated heterocycles. The number of methoxy groups -OCH3 is 2. The first-order chi connectivity index (χ1) is 14.9. The SMILES string of the molecule is COc1ccc(CNC(=O)NCc2ccc(N3CC(C)OC(C)C3)c(F)c2)cc1OC. The highest BCUT2D eigenvalue weighted by Gasteiger charge is 2.24. The Morgan fingerprint density at radius 2 is 1.58 bits per heavy atom. The summed E-state index contributed by atoms with van der Waals surface area (Å²) in [6.07, 6.45) is 0.109. The normalized spacial score (nSPS) is 18.4. The Morgan fingerprint density at radius 3 is 2.16 bits per heavy atom. The first-order valence-electron chi connectivity index (χ1n) is 10.3. The molecule has 0 bridgehead atoms. The van der Waals surface area contributed by atoms with E-state index in [1.807, 2.05) is 30.9 Å². The Hall–Kier alpha value is -3.00. The van der Waals surface area contributed by atoms with Crippen LogP contribution in [-0.4, -0.2) is 45.5 Å². The third-order valence-corrected chi connectivity index (χ3v) is 5.13. The molecule has 1 aliphatic rings. The molecule has 1 aliphatic heterocycles. The number of nitrogens with zero attached hydrogens (tertiary/aromatic N) is 1. The number of amides is 2. The van der Waals surface area contributed by atoms with E-state index in [1.165, 1.54) is 6.07 Å². The predicted octanol–water partition coefficient (Wildman–Crippen LogP) is 3.46. The number of benzene rings is 2. The van der Waals surface area contributed by atoms with Gasteiger partial charge in [-0.05, 0) is 49.2 Å². The molecule has 0 aliphatic carbocycles. The van der Waals surface area contributed by atoms with Crippen LogP contribution in [0.2, 0.25) is 0 Å². The largest absolute Gasteiger partial charge is 0.493 e. The number of morpholine rings is 1. The molecule has 2 unspecified atom stereocenters. The summed E-state index contributed by atoms with van der Waals surface area (Å²) in [4.78, 5) is 14.1. The Kier molecular flexibility index (Phi) is 7.57. The molecule has 0 radical (unpaired) electrons. The first-order valence-corrected chi connectivity index (χ1v) is 10.3. The van der Waals surface area contributed by atoms with Gasteiger partial charge in [0.2, 0.25) is 0 Å². The van der Waals surface area contributed by atoms with E-state index in [9.17, 15) is 9.18 Å². The number of carbonyl (C=O) groups excluding carboxylic acids is 1. The summed E-state index contributed by atoms with van der Waals surface area (Å²) in [7, 11) is 3.13. The maximum absolute atomic E-state index is 14.7. The van der Waals surface area contributed by atoms with Crippen molar-refractivity contribution >= 4 is 11.7 Å². The Morgan fingerprint density at radius 1 is 1.00 bits per heavy atom. The van der Waals surface area contributed by atoms with Crippen molar-refractivity contribution in [3.63, 3.8) is 0 Å². The number of carbonyl (C=O) groups is 1. The van der Waals surface area contributed by atoms with E-state index in [-0.39, 0.29) is 30.6 Å². The van der Waals surface area contributed by atoms with Crippen molar-refractivity contribution in [2.24, 2.45) is 0 Å². The highest BCUT2D eigenvalue weighted by atomic mass is 19.1. The van der Waals surface area contributed by atoms with Crippen LogP contribution in [0.3, 0.4) is 0 Å². The molecule has 3 rings (SSSR count). The van der Waals surface area contributed by atoms with Crippen LogP contribution in [-0.2, 0) is 17.8 Å². The summed E-state index contributed by atoms with van der Waals surface area (Å²) < 4.78 is 30.9. The molecule has 1 heterocycles. The van der Waals surface area contributed by atoms with Gasteiger partial charge in [-0.3, -0.25) is 0 Å². The predicted molar refractivity (Wildman–Crippen MR) is 117 cm³/mol. The Labute approximate surface area is 182 Å². The maximum Gasteiger partial charge on any atom is 0.315 e. The van der Waals surface area contributed by atoms with Gasteiger partial charge in [-0.1, -0.05) is 12.1 Å². The summed E-state index contributed by atoms with van der Waals surface area (Å²) in [5.74, 6) is 0.926. The van der Waals surface area contributed by atoms with E-state index in [4.69, 9.17) is 14.2 Å². The molecule has 7 nitrogen and oxygen atoms in total. The van der Waals surface area contributed by atoms with Gasteiger partial charge in [-0.15, -0.1) is 0 Å². The van der Waals surface area contributed by atoms with Crippen molar-refractivity contribution < 1.29 is 23.4 Å². The number of ether oxygens (including phenoxy) is 3. The number of nitrogens with one attached hydrogen (secondary N) is 2. The molecule has 8 heteroatoms. The van der Waals surface area contributed by atoms with E-state index in [2.05, 4.69) is 10.6 Å². The van der Waals surface area contributed by atoms with Crippen molar-refractivity contribution in [2.45, 2.75) is 39.1 Å². The topological polar surface area (TPSA) is 72.1 Å². The third-order valence-electron chi connectivity index (χ3n) is 5.13. The van der Waals surface area contributed by atoms with Crippen molar-refractivity contribution in [1.82, 2.24) is 10.6 Å². The third kappa shape index (κ3) is 6.01. The Bertz CT molecular complexity index is 898. The molecule has 1 fully saturated rings. The summed E-state index contributed by atoms with van der Waals surface area (Å²) in [6.45, 7) is 5.82. The molecule has 2 N–H and O–H groups in total. The lowest BCUT2D eigenvalue weighted by atomic mass is 10.1. The van der Waals surface area contributed by atoms with Gasteiger partial charge in [-0.25, -0.2) is 9.18 Å². The zero-order valence-electron chi connectivity index (χ0n) is 18.4. The van der Waals surface area contributed by atoms with Crippen LogP contribution in [0.15, 0.2) is 36.4 Å². The van der Waals surface area contributed by atoms with E-state index in [0.717, 1.165) is 5.56 Å². The minimum Gasteiger partial charge on any atom is -0.493 e. The summed E-state index contributed by atoms with van der Waals surface area (Å²) in [5.41, 5.74) is 2.12. The van der Waals surface area contributed by atoms with Gasteiger partial charge < -0.3 is 29.7 Å². The molecule has 31 heavy (non-hydrogen) atoms. The molecular weight excluding hydrogens is 401 g/mol. The molecule has 2 aromatic rings. The summed E-state index contributed by atoms with van der Waals surface area (Å²) >= 11 is 0. The van der Waals surface area contributed by atoms with Crippen molar-refractivity contribution in [1.29, 1.82) is 0 Å². The van der Waals surface area contributed by atoms with Gasteiger partial charge in [0.15, 0.2) is 11.5 Å². The van der Waals surface area contributed by atoms with Gasteiger partial charge in [-0.2, -0.15) is 0 Å². The second kappa shape index (κ2) is 10.3. The first kappa shape index (κ1) is 22.7. The van der Waals surface area contributed by atoms with E-state index in [1.54, 1.807) is 32.4 Å². The maximum atomic E-state index is 14.7. The van der Waals surface area contributed by atoms with E-state index < -0.39 is 0 Å². The molecule has 0 spiro atoms. The van der Waals surface area contributed by atoms with E-state index >= 15 is 0 Å². The number of hydrogen-bond donors (Lipinski definition) is 2. The minimum atomic E-state index is -0.338. The molecule has 168 valence electrons. The molecule has 2 atom stereocenters. The van der Waals surface area contributed by atoms with Gasteiger partial charge in [0, 0.05) is 26.2 Å². The van der Waals surface area contributed by atoms with Gasteiger partial charge in [0.25, 0.3) is 0 Å². The summed E-state index contributed by atoms with van der Waals surface area (Å²) in [5, 5.41) is 5.54. The minimum absolute atomic E-state index is 0.0545. The van der Waals surface area contributed by atoms with Gasteiger partial charge in [0.05, 0.1) is 32.1 Å². The average molecular weight is 432 g/mol. The molecular formula is C23H30FN3O4. The van der Waals surface area contributed by atoms with Crippen LogP contribution >= 0.6 is 0 Å². The molecule has 0 saturated carbocycles. The van der Waals surface area contributed by atoms with Crippen molar-refractivity contribution in [3.8, 4) is 11.5 Å². The van der Waals surface area contributed by atoms with Crippen LogP contribution < -0.4 is 25.0 Å². The van der Waals surface area contributed by atoms with Crippen LogP contribution in [0.25, 0.3) is 0 Å². The second-order valence-corrected chi connectivity index (χ2v) is 7.67. The zero-order valence-corrected chi connectivity index (χ0v) is 18.4. The Balaban J connectivity index is 1.52. The van der Waals surface area contributed by atoms with Gasteiger partial charge in [0.1, 0.15) is 5.82 Å². The molecule has 0 aromatic heterocycles. The standard InChI is InChI=1S/C23H30FN3O4/c1-15-13-27(14-16(2)31-15)20-7-5-17(9-19(20)24)11-25-23(28)26-12-18-6-8-21(29-3)22(10-18)30-4/h5-10,15-16H,11-14H2,1-4H3,(H2,25,26,28). The fourth-order valence-corrected chi connectivity index (χ4v) is 3.71. The highest BCUT2D eigenvalue weighted by Crippen LogP contribution is 2.27. The fraction of sp³-hybridized carbons (Fsp3) is 0.435. The number of hydrogen-bond acceptors (Lipinski definition) is 5.